The largest absolute Gasteiger partial charge is 0.489 e. The Hall–Kier alpha value is -1.04. The van der Waals surface area contributed by atoms with Crippen molar-refractivity contribution in [3.05, 3.63) is 39.2 Å². The highest BCUT2D eigenvalue weighted by Crippen LogP contribution is 2.38. The van der Waals surface area contributed by atoms with E-state index in [0.717, 1.165) is 33.1 Å². The number of halogens is 1. The van der Waals surface area contributed by atoms with Gasteiger partial charge < -0.3 is 9.15 Å². The van der Waals surface area contributed by atoms with E-state index in [0.29, 0.717) is 5.58 Å². The van der Waals surface area contributed by atoms with Crippen molar-refractivity contribution in [2.75, 3.05) is 4.43 Å². The summed E-state index contributed by atoms with van der Waals surface area (Å²) >= 11 is 2.33. The van der Waals surface area contributed by atoms with Gasteiger partial charge in [-0.3, -0.25) is 0 Å². The molecule has 1 aliphatic rings. The van der Waals surface area contributed by atoms with E-state index in [4.69, 9.17) is 9.15 Å². The van der Waals surface area contributed by atoms with Gasteiger partial charge in [0.05, 0.1) is 0 Å². The van der Waals surface area contributed by atoms with Crippen molar-refractivity contribution >= 4 is 33.6 Å². The quantitative estimate of drug-likeness (QED) is 0.448. The number of benzene rings is 1. The lowest BCUT2D eigenvalue weighted by Crippen LogP contribution is -2.13. The van der Waals surface area contributed by atoms with Crippen LogP contribution in [0.4, 0.5) is 0 Å². The Bertz CT molecular complexity index is 687. The number of aryl methyl sites for hydroxylation is 2. The van der Waals surface area contributed by atoms with Crippen LogP contribution < -0.4 is 10.4 Å². The van der Waals surface area contributed by atoms with Crippen molar-refractivity contribution in [3.8, 4) is 5.75 Å². The molecule has 0 saturated carbocycles. The lowest BCUT2D eigenvalue weighted by atomic mass is 10.0. The Morgan fingerprint density at radius 2 is 2.17 bits per heavy atom. The van der Waals surface area contributed by atoms with Crippen molar-refractivity contribution in [1.82, 2.24) is 0 Å². The highest BCUT2D eigenvalue weighted by molar-refractivity contribution is 14.1. The van der Waals surface area contributed by atoms with Crippen LogP contribution in [-0.4, -0.2) is 10.5 Å². The predicted molar refractivity (Wildman–Crippen MR) is 79.0 cm³/mol. The summed E-state index contributed by atoms with van der Waals surface area (Å²) in [6, 6.07) is 3.64. The molecule has 0 spiro atoms. The molecule has 2 aromatic rings. The summed E-state index contributed by atoms with van der Waals surface area (Å²) < 4.78 is 12.2. The molecule has 2 heterocycles. The fourth-order valence-electron chi connectivity index (χ4n) is 2.52. The van der Waals surface area contributed by atoms with E-state index in [1.165, 1.54) is 5.56 Å². The minimum atomic E-state index is -0.300. The van der Waals surface area contributed by atoms with Crippen molar-refractivity contribution < 1.29 is 9.15 Å². The van der Waals surface area contributed by atoms with E-state index in [1.54, 1.807) is 6.07 Å². The molecule has 1 aromatic heterocycles. The zero-order valence-corrected chi connectivity index (χ0v) is 12.4. The third kappa shape index (κ3) is 1.74. The van der Waals surface area contributed by atoms with Crippen LogP contribution in [0, 0.1) is 13.8 Å². The van der Waals surface area contributed by atoms with Crippen LogP contribution in [0.5, 0.6) is 5.75 Å². The Labute approximate surface area is 118 Å². The smallest absolute Gasteiger partial charge is 0.336 e. The average Bonchev–Trinajstić information content (AvgIpc) is 2.74. The molecule has 0 aliphatic carbocycles. The molecule has 3 nitrogen and oxygen atoms in total. The Morgan fingerprint density at radius 3 is 2.89 bits per heavy atom. The molecule has 0 radical (unpaired) electrons. The summed E-state index contributed by atoms with van der Waals surface area (Å²) in [6.07, 6.45) is 1.18. The summed E-state index contributed by atoms with van der Waals surface area (Å²) in [4.78, 5) is 11.5. The van der Waals surface area contributed by atoms with E-state index >= 15 is 0 Å². The second kappa shape index (κ2) is 4.26. The van der Waals surface area contributed by atoms with E-state index in [-0.39, 0.29) is 11.7 Å². The normalized spacial score (nSPS) is 17.8. The fraction of sp³-hybridized carbons (Fsp3) is 0.357. The molecule has 1 unspecified atom stereocenters. The monoisotopic (exact) mass is 356 g/mol. The molecule has 0 saturated heterocycles. The number of ether oxygens (including phenoxy) is 1. The minimum Gasteiger partial charge on any atom is -0.489 e. The third-order valence-electron chi connectivity index (χ3n) is 3.40. The van der Waals surface area contributed by atoms with Crippen molar-refractivity contribution in [2.24, 2.45) is 0 Å². The van der Waals surface area contributed by atoms with Crippen LogP contribution in [0.25, 0.3) is 11.0 Å². The first-order valence-electron chi connectivity index (χ1n) is 5.89. The first-order valence-corrected chi connectivity index (χ1v) is 7.42. The van der Waals surface area contributed by atoms with Gasteiger partial charge in [0.25, 0.3) is 0 Å². The molecule has 1 aliphatic heterocycles. The molecule has 0 N–H and O–H groups in total. The molecule has 4 heteroatoms. The number of fused-ring (bicyclic) bond motifs is 2. The van der Waals surface area contributed by atoms with Crippen LogP contribution in [-0.2, 0) is 6.42 Å². The molecule has 0 fully saturated rings. The average molecular weight is 356 g/mol. The van der Waals surface area contributed by atoms with Gasteiger partial charge in [0.1, 0.15) is 17.4 Å². The molecule has 18 heavy (non-hydrogen) atoms. The number of alkyl halides is 1. The first kappa shape index (κ1) is 12.0. The van der Waals surface area contributed by atoms with Gasteiger partial charge in [0.15, 0.2) is 0 Å². The van der Waals surface area contributed by atoms with Crippen LogP contribution in [0.3, 0.4) is 0 Å². The van der Waals surface area contributed by atoms with Gasteiger partial charge in [-0.25, -0.2) is 4.79 Å². The molecule has 94 valence electrons. The summed E-state index contributed by atoms with van der Waals surface area (Å²) in [5.41, 5.74) is 3.48. The van der Waals surface area contributed by atoms with Crippen LogP contribution in [0.15, 0.2) is 21.3 Å². The Morgan fingerprint density at radius 1 is 1.39 bits per heavy atom. The van der Waals surface area contributed by atoms with Crippen molar-refractivity contribution in [2.45, 2.75) is 26.4 Å². The predicted octanol–water partition coefficient (Wildman–Crippen LogP) is 3.15. The Balaban J connectivity index is 2.32. The highest BCUT2D eigenvalue weighted by Gasteiger charge is 2.26. The van der Waals surface area contributed by atoms with E-state index in [9.17, 15) is 4.79 Å². The maximum absolute atomic E-state index is 11.5. The molecule has 1 aromatic carbocycles. The first-order chi connectivity index (χ1) is 8.60. The van der Waals surface area contributed by atoms with Crippen LogP contribution >= 0.6 is 22.6 Å². The summed E-state index contributed by atoms with van der Waals surface area (Å²) in [5.74, 6) is 0.901. The molecule has 0 bridgehead atoms. The van der Waals surface area contributed by atoms with Crippen LogP contribution in [0.2, 0.25) is 0 Å². The molecular formula is C14H13IO3. The van der Waals surface area contributed by atoms with Gasteiger partial charge >= 0.3 is 5.63 Å². The zero-order valence-electron chi connectivity index (χ0n) is 10.2. The topological polar surface area (TPSA) is 39.4 Å². The third-order valence-corrected chi connectivity index (χ3v) is 4.38. The van der Waals surface area contributed by atoms with Gasteiger partial charge in [-0.2, -0.15) is 0 Å². The van der Waals surface area contributed by atoms with E-state index in [2.05, 4.69) is 28.7 Å². The van der Waals surface area contributed by atoms with Gasteiger partial charge in [-0.1, -0.05) is 22.6 Å². The fourth-order valence-corrected chi connectivity index (χ4v) is 3.01. The second-order valence-corrected chi connectivity index (χ2v) is 5.59. The standard InChI is InChI=1S/C14H13IO3/c1-7-3-12(16)18-14-8(2)13-9(5-11(7)14)4-10(6-15)17-13/h3,5,10H,4,6H2,1-2H3. The molecule has 0 amide bonds. The SMILES string of the molecule is Cc1cc(=O)oc2c(C)c3c(cc12)CC(CI)O3. The number of hydrogen-bond acceptors (Lipinski definition) is 3. The number of hydrogen-bond donors (Lipinski definition) is 0. The zero-order chi connectivity index (χ0) is 12.9. The van der Waals surface area contributed by atoms with Crippen molar-refractivity contribution in [1.29, 1.82) is 0 Å². The lowest BCUT2D eigenvalue weighted by Gasteiger charge is -2.09. The molecule has 3 rings (SSSR count). The maximum Gasteiger partial charge on any atom is 0.336 e. The van der Waals surface area contributed by atoms with Gasteiger partial charge in [0, 0.05) is 27.9 Å². The van der Waals surface area contributed by atoms with Crippen molar-refractivity contribution in [3.63, 3.8) is 0 Å². The van der Waals surface area contributed by atoms with E-state index < -0.39 is 0 Å². The minimum absolute atomic E-state index is 0.239. The summed E-state index contributed by atoms with van der Waals surface area (Å²) in [6.45, 7) is 3.90. The number of rotatable bonds is 1. The lowest BCUT2D eigenvalue weighted by molar-refractivity contribution is 0.261. The van der Waals surface area contributed by atoms with Gasteiger partial charge in [-0.05, 0) is 31.0 Å². The van der Waals surface area contributed by atoms with Crippen LogP contribution in [0.1, 0.15) is 16.7 Å². The van der Waals surface area contributed by atoms with Gasteiger partial charge in [0.2, 0.25) is 0 Å². The maximum atomic E-state index is 11.5. The second-order valence-electron chi connectivity index (χ2n) is 4.71. The summed E-state index contributed by atoms with van der Waals surface area (Å²) in [5, 5.41) is 1.02. The molecule has 1 atom stereocenters. The summed E-state index contributed by atoms with van der Waals surface area (Å²) in [7, 11) is 0. The molecular weight excluding hydrogens is 343 g/mol. The highest BCUT2D eigenvalue weighted by atomic mass is 127. The van der Waals surface area contributed by atoms with E-state index in [1.807, 2.05) is 13.8 Å². The van der Waals surface area contributed by atoms with Gasteiger partial charge in [-0.15, -0.1) is 0 Å². The Kier molecular flexibility index (Phi) is 2.84.